The van der Waals surface area contributed by atoms with E-state index in [1.807, 2.05) is 23.1 Å². The van der Waals surface area contributed by atoms with Crippen LogP contribution in [0.15, 0.2) is 97.3 Å². The summed E-state index contributed by atoms with van der Waals surface area (Å²) in [5.41, 5.74) is 11.4. The summed E-state index contributed by atoms with van der Waals surface area (Å²) in [7, 11) is 3.42. The van der Waals surface area contributed by atoms with Gasteiger partial charge in [0.2, 0.25) is 5.91 Å². The van der Waals surface area contributed by atoms with Crippen molar-refractivity contribution in [3.8, 4) is 16.9 Å². The number of hydrogen-bond acceptors (Lipinski definition) is 7. The van der Waals surface area contributed by atoms with Gasteiger partial charge in [0.25, 0.3) is 6.43 Å². The van der Waals surface area contributed by atoms with Gasteiger partial charge in [0, 0.05) is 112 Å². The van der Waals surface area contributed by atoms with Gasteiger partial charge in [0.05, 0.1) is 18.8 Å². The zero-order valence-corrected chi connectivity index (χ0v) is 40.9. The molecule has 0 saturated carbocycles. The van der Waals surface area contributed by atoms with Crippen molar-refractivity contribution >= 4 is 29.1 Å². The lowest BCUT2D eigenvalue weighted by molar-refractivity contribution is -0.132. The third-order valence-corrected chi connectivity index (χ3v) is 16.4. The Morgan fingerprint density at radius 2 is 1.61 bits per heavy atom. The number of carbonyl (C=O) groups excluding carboxylic acids is 2. The average Bonchev–Trinajstić information content (AvgIpc) is 4.02. The van der Waals surface area contributed by atoms with Gasteiger partial charge in [-0.25, -0.2) is 13.6 Å². The molecule has 2 aromatic heterocycles. The van der Waals surface area contributed by atoms with Crippen LogP contribution in [0.5, 0.6) is 5.75 Å². The molecular weight excluding hydrogens is 897 g/mol. The van der Waals surface area contributed by atoms with Gasteiger partial charge in [-0.3, -0.25) is 14.2 Å². The van der Waals surface area contributed by atoms with Crippen molar-refractivity contribution in [3.63, 3.8) is 0 Å². The molecule has 1 aliphatic carbocycles. The SMILES string of the molecule is CNC(=O)N1CCc2c(c(N3CCCc4cc(-c5cnn(C)c5)c(C(F)F)cc43)nn2C2CCN(C(=O)CCC3CCN(c4ccc([C@H]5c6ccc(O)cc6CC[C@H]5c5ccccc5)cc4)CC3)CC2)C1. The molecule has 6 aromatic rings. The largest absolute Gasteiger partial charge is 0.508 e. The van der Waals surface area contributed by atoms with Crippen LogP contribution in [0.2, 0.25) is 0 Å². The molecule has 4 aromatic carbocycles. The number of urea groups is 1. The zero-order chi connectivity index (χ0) is 48.8. The molecule has 0 unspecified atom stereocenters. The summed E-state index contributed by atoms with van der Waals surface area (Å²) in [4.78, 5) is 35.2. The van der Waals surface area contributed by atoms with Crippen LogP contribution in [-0.4, -0.2) is 92.7 Å². The fraction of sp³-hybridized carbons (Fsp3) is 0.439. The van der Waals surface area contributed by atoms with E-state index in [0.29, 0.717) is 74.3 Å². The number of hydrogen-bond donors (Lipinski definition) is 2. The first-order valence-electron chi connectivity index (χ1n) is 25.9. The number of likely N-dealkylation sites (tertiary alicyclic amines) is 1. The highest BCUT2D eigenvalue weighted by atomic mass is 19.3. The summed E-state index contributed by atoms with van der Waals surface area (Å²) in [6.45, 7) is 4.84. The lowest BCUT2D eigenvalue weighted by atomic mass is 9.69. The molecule has 0 spiro atoms. The number of nitrogens with zero attached hydrogens (tertiary/aromatic N) is 8. The molecule has 2 atom stereocenters. The summed E-state index contributed by atoms with van der Waals surface area (Å²) in [6, 6.07) is 29.4. The standard InChI is InChI=1S/C57H65F2N9O3/c1-60-57(71)66-30-24-51-50(36-66)56(67-25-6-9-41-32-48(42-34-61-63(2)35-42)49(55(58)59)33-52(41)67)62-68(51)44-22-28-65(29-23-44)53(70)19-10-37-20-26-64(27-21-37)43-14-11-39(12-15-43)54-46(38-7-4-3-5-8-38)17-13-40-31-45(69)16-18-47(40)54/h3-5,7-8,11-12,14-16,18,31-35,37,44,46,54-55,69H,6,9-10,13,17,19-30,36H2,1-2H3,(H,60,71)/t46-,54+/m0/s1. The summed E-state index contributed by atoms with van der Waals surface area (Å²) in [6.07, 6.45) is 10.1. The van der Waals surface area contributed by atoms with E-state index in [1.54, 1.807) is 42.1 Å². The van der Waals surface area contributed by atoms with Crippen molar-refractivity contribution in [3.05, 3.63) is 142 Å². The van der Waals surface area contributed by atoms with Crippen molar-refractivity contribution in [1.29, 1.82) is 0 Å². The maximum absolute atomic E-state index is 14.8. The number of aromatic hydroxyl groups is 1. The lowest BCUT2D eigenvalue weighted by Crippen LogP contribution is -2.42. The van der Waals surface area contributed by atoms with Crippen LogP contribution >= 0.6 is 0 Å². The second-order valence-corrected chi connectivity index (χ2v) is 20.5. The van der Waals surface area contributed by atoms with Crippen LogP contribution in [0.3, 0.4) is 0 Å². The van der Waals surface area contributed by atoms with Crippen LogP contribution in [0.1, 0.15) is 120 Å². The van der Waals surface area contributed by atoms with E-state index >= 15 is 0 Å². The highest BCUT2D eigenvalue weighted by molar-refractivity contribution is 5.78. The number of phenolic OH excluding ortho intramolecular Hbond substituents is 1. The smallest absolute Gasteiger partial charge is 0.317 e. The van der Waals surface area contributed by atoms with Gasteiger partial charge in [0.1, 0.15) is 5.75 Å². The van der Waals surface area contributed by atoms with Crippen LogP contribution < -0.4 is 15.1 Å². The maximum Gasteiger partial charge on any atom is 0.317 e. The van der Waals surface area contributed by atoms with Gasteiger partial charge in [-0.2, -0.15) is 10.2 Å². The van der Waals surface area contributed by atoms with Crippen LogP contribution in [0, 0.1) is 5.92 Å². The molecule has 3 amide bonds. The Morgan fingerprint density at radius 3 is 2.34 bits per heavy atom. The molecule has 2 fully saturated rings. The molecule has 12 nitrogen and oxygen atoms in total. The molecule has 6 heterocycles. The third kappa shape index (κ3) is 9.26. The minimum Gasteiger partial charge on any atom is -0.508 e. The van der Waals surface area contributed by atoms with Crippen molar-refractivity contribution in [1.82, 2.24) is 34.7 Å². The van der Waals surface area contributed by atoms with E-state index in [0.717, 1.165) is 99.2 Å². The Balaban J connectivity index is 0.724. The molecule has 2 saturated heterocycles. The first kappa shape index (κ1) is 46.7. The topological polar surface area (TPSA) is 115 Å². The molecule has 11 rings (SSSR count). The number of rotatable bonds is 10. The Hall–Kier alpha value is -6.70. The summed E-state index contributed by atoms with van der Waals surface area (Å²) >= 11 is 0. The first-order chi connectivity index (χ1) is 34.6. The molecule has 5 aliphatic rings. The highest BCUT2D eigenvalue weighted by Gasteiger charge is 2.37. The second kappa shape index (κ2) is 19.8. The van der Waals surface area contributed by atoms with E-state index in [2.05, 4.69) is 85.6 Å². The van der Waals surface area contributed by atoms with Crippen molar-refractivity contribution < 1.29 is 23.5 Å². The highest BCUT2D eigenvalue weighted by Crippen LogP contribution is 2.48. The Kier molecular flexibility index (Phi) is 13.0. The number of fused-ring (bicyclic) bond motifs is 3. The molecule has 2 N–H and O–H groups in total. The van der Waals surface area contributed by atoms with E-state index < -0.39 is 6.43 Å². The number of amides is 3. The number of benzene rings is 4. The summed E-state index contributed by atoms with van der Waals surface area (Å²) < 4.78 is 33.4. The van der Waals surface area contributed by atoms with E-state index in [-0.39, 0.29) is 29.5 Å². The zero-order valence-electron chi connectivity index (χ0n) is 40.9. The minimum absolute atomic E-state index is 0.0314. The van der Waals surface area contributed by atoms with E-state index in [4.69, 9.17) is 5.10 Å². The number of aromatic nitrogens is 4. The number of nitrogens with one attached hydrogen (secondary N) is 1. The fourth-order valence-corrected chi connectivity index (χ4v) is 12.6. The number of alkyl halides is 2. The molecular formula is C57H65F2N9O3. The first-order valence-corrected chi connectivity index (χ1v) is 25.9. The summed E-state index contributed by atoms with van der Waals surface area (Å²) in [5, 5.41) is 22.7. The van der Waals surface area contributed by atoms with Crippen molar-refractivity contribution in [2.45, 2.75) is 101 Å². The number of anilines is 3. The Labute approximate surface area is 415 Å². The third-order valence-electron chi connectivity index (χ3n) is 16.4. The Bertz CT molecular complexity index is 2880. The fourth-order valence-electron chi connectivity index (χ4n) is 12.6. The van der Waals surface area contributed by atoms with Gasteiger partial charge in [0.15, 0.2) is 5.82 Å². The van der Waals surface area contributed by atoms with Crippen molar-refractivity contribution in [2.24, 2.45) is 13.0 Å². The summed E-state index contributed by atoms with van der Waals surface area (Å²) in [5.74, 6) is 2.39. The van der Waals surface area contributed by atoms with E-state index in [9.17, 15) is 23.5 Å². The van der Waals surface area contributed by atoms with E-state index in [1.165, 1.54) is 27.9 Å². The predicted molar refractivity (Wildman–Crippen MR) is 273 cm³/mol. The normalized spacial score (nSPS) is 19.7. The van der Waals surface area contributed by atoms with Crippen LogP contribution in [0.25, 0.3) is 11.1 Å². The minimum atomic E-state index is -2.68. The van der Waals surface area contributed by atoms with Gasteiger partial charge in [-0.1, -0.05) is 48.5 Å². The number of piperidine rings is 2. The molecule has 0 bridgehead atoms. The number of halogens is 2. The average molecular weight is 962 g/mol. The lowest BCUT2D eigenvalue weighted by Gasteiger charge is -2.36. The van der Waals surface area contributed by atoms with Crippen LogP contribution in [-0.2, 0) is 37.6 Å². The van der Waals surface area contributed by atoms with Gasteiger partial charge in [-0.05, 0) is 139 Å². The van der Waals surface area contributed by atoms with Gasteiger partial charge < -0.3 is 30.0 Å². The van der Waals surface area contributed by atoms with Gasteiger partial charge >= 0.3 is 6.03 Å². The van der Waals surface area contributed by atoms with Crippen LogP contribution in [0.4, 0.5) is 30.8 Å². The number of phenols is 1. The monoisotopic (exact) mass is 962 g/mol. The molecule has 4 aliphatic heterocycles. The number of carbonyl (C=O) groups is 2. The molecule has 370 valence electrons. The van der Waals surface area contributed by atoms with Gasteiger partial charge in [-0.15, -0.1) is 0 Å². The quantitative estimate of drug-likeness (QED) is 0.141. The maximum atomic E-state index is 14.8. The predicted octanol–water partition coefficient (Wildman–Crippen LogP) is 10.4. The number of aryl methyl sites for hydroxylation is 3. The Morgan fingerprint density at radius 1 is 0.817 bits per heavy atom. The van der Waals surface area contributed by atoms with Crippen molar-refractivity contribution in [2.75, 3.05) is 56.1 Å². The second-order valence-electron chi connectivity index (χ2n) is 20.5. The molecule has 14 heteroatoms. The molecule has 71 heavy (non-hydrogen) atoms. The molecule has 0 radical (unpaired) electrons.